The summed E-state index contributed by atoms with van der Waals surface area (Å²) < 4.78 is 13.0. The van der Waals surface area contributed by atoms with Crippen LogP contribution in [0.25, 0.3) is 0 Å². The summed E-state index contributed by atoms with van der Waals surface area (Å²) in [5.74, 6) is 0.407. The molecule has 1 atom stereocenters. The second kappa shape index (κ2) is 4.93. The highest BCUT2D eigenvalue weighted by Crippen LogP contribution is 2.20. The molecule has 0 saturated carbocycles. The van der Waals surface area contributed by atoms with Gasteiger partial charge < -0.3 is 5.73 Å². The fraction of sp³-hybridized carbons (Fsp3) is 0.538. The van der Waals surface area contributed by atoms with Gasteiger partial charge in [-0.3, -0.25) is 4.90 Å². The Hall–Kier alpha value is -0.930. The van der Waals surface area contributed by atoms with Gasteiger partial charge in [0.2, 0.25) is 0 Å². The van der Waals surface area contributed by atoms with E-state index in [4.69, 9.17) is 5.73 Å². The maximum Gasteiger partial charge on any atom is 0.123 e. The van der Waals surface area contributed by atoms with Crippen molar-refractivity contribution in [1.82, 2.24) is 4.90 Å². The molecule has 1 aromatic rings. The Morgan fingerprint density at radius 2 is 2.25 bits per heavy atom. The van der Waals surface area contributed by atoms with E-state index in [1.54, 1.807) is 12.1 Å². The van der Waals surface area contributed by atoms with Gasteiger partial charge in [0.1, 0.15) is 5.82 Å². The lowest BCUT2D eigenvalue weighted by molar-refractivity contribution is 0.222. The summed E-state index contributed by atoms with van der Waals surface area (Å²) >= 11 is 0. The Balaban J connectivity index is 2.03. The molecule has 2 nitrogen and oxygen atoms in total. The maximum absolute atomic E-state index is 13.0. The summed E-state index contributed by atoms with van der Waals surface area (Å²) in [5.41, 5.74) is 8.05. The number of rotatable bonds is 3. The van der Waals surface area contributed by atoms with Crippen LogP contribution in [-0.2, 0) is 13.0 Å². The minimum atomic E-state index is -0.123. The van der Waals surface area contributed by atoms with Crippen molar-refractivity contribution in [2.45, 2.75) is 19.9 Å². The second-order valence-electron chi connectivity index (χ2n) is 4.74. The van der Waals surface area contributed by atoms with Gasteiger partial charge >= 0.3 is 0 Å². The number of halogens is 1. The van der Waals surface area contributed by atoms with E-state index in [0.29, 0.717) is 5.92 Å². The van der Waals surface area contributed by atoms with Gasteiger partial charge in [-0.2, -0.15) is 0 Å². The Labute approximate surface area is 96.2 Å². The minimum Gasteiger partial charge on any atom is -0.330 e. The van der Waals surface area contributed by atoms with Crippen LogP contribution < -0.4 is 5.73 Å². The molecule has 1 aliphatic rings. The van der Waals surface area contributed by atoms with Gasteiger partial charge in [-0.05, 0) is 42.1 Å². The molecule has 0 amide bonds. The summed E-state index contributed by atoms with van der Waals surface area (Å²) in [7, 11) is 0. The standard InChI is InChI=1S/C13H19FN2/c1-10(7-15)8-16-5-4-11-6-13(14)3-2-12(11)9-16/h2-3,6,10H,4-5,7-9,15H2,1H3. The number of nitrogens with zero attached hydrogens (tertiary/aromatic N) is 1. The summed E-state index contributed by atoms with van der Waals surface area (Å²) in [6, 6.07) is 5.12. The van der Waals surface area contributed by atoms with Crippen LogP contribution in [0.15, 0.2) is 18.2 Å². The molecule has 0 fully saturated rings. The van der Waals surface area contributed by atoms with Gasteiger partial charge in [-0.25, -0.2) is 4.39 Å². The largest absolute Gasteiger partial charge is 0.330 e. The van der Waals surface area contributed by atoms with Crippen molar-refractivity contribution in [1.29, 1.82) is 0 Å². The Morgan fingerprint density at radius 1 is 1.44 bits per heavy atom. The second-order valence-corrected chi connectivity index (χ2v) is 4.74. The molecular formula is C13H19FN2. The van der Waals surface area contributed by atoms with E-state index in [1.807, 2.05) is 6.07 Å². The zero-order valence-corrected chi connectivity index (χ0v) is 9.75. The molecule has 2 N–H and O–H groups in total. The van der Waals surface area contributed by atoms with Crippen molar-refractivity contribution in [2.24, 2.45) is 11.7 Å². The number of nitrogens with two attached hydrogens (primary N) is 1. The Morgan fingerprint density at radius 3 is 3.00 bits per heavy atom. The van der Waals surface area contributed by atoms with Crippen LogP contribution >= 0.6 is 0 Å². The van der Waals surface area contributed by atoms with Gasteiger partial charge in [-0.15, -0.1) is 0 Å². The van der Waals surface area contributed by atoms with Crippen LogP contribution in [-0.4, -0.2) is 24.5 Å². The highest BCUT2D eigenvalue weighted by atomic mass is 19.1. The van der Waals surface area contributed by atoms with Crippen LogP contribution in [0.2, 0.25) is 0 Å². The van der Waals surface area contributed by atoms with Crippen molar-refractivity contribution in [2.75, 3.05) is 19.6 Å². The molecule has 0 saturated heterocycles. The normalized spacial score (nSPS) is 18.2. The first-order chi connectivity index (χ1) is 7.69. The summed E-state index contributed by atoms with van der Waals surface area (Å²) in [4.78, 5) is 2.40. The van der Waals surface area contributed by atoms with E-state index in [-0.39, 0.29) is 5.82 Å². The molecule has 0 aromatic heterocycles. The lowest BCUT2D eigenvalue weighted by atomic mass is 9.99. The highest BCUT2D eigenvalue weighted by Gasteiger charge is 2.17. The third-order valence-electron chi connectivity index (χ3n) is 3.23. The topological polar surface area (TPSA) is 29.3 Å². The summed E-state index contributed by atoms with van der Waals surface area (Å²) in [6.45, 7) is 5.88. The van der Waals surface area contributed by atoms with Crippen molar-refractivity contribution in [3.8, 4) is 0 Å². The molecule has 0 radical (unpaired) electrons. The molecule has 1 aromatic carbocycles. The van der Waals surface area contributed by atoms with Crippen LogP contribution in [0.4, 0.5) is 4.39 Å². The zero-order valence-electron chi connectivity index (χ0n) is 9.75. The quantitative estimate of drug-likeness (QED) is 0.844. The monoisotopic (exact) mass is 222 g/mol. The number of fused-ring (bicyclic) bond motifs is 1. The van der Waals surface area contributed by atoms with E-state index in [9.17, 15) is 4.39 Å². The highest BCUT2D eigenvalue weighted by molar-refractivity contribution is 5.29. The average Bonchev–Trinajstić information content (AvgIpc) is 2.29. The third-order valence-corrected chi connectivity index (χ3v) is 3.23. The lowest BCUT2D eigenvalue weighted by Gasteiger charge is -2.30. The first-order valence-corrected chi connectivity index (χ1v) is 5.88. The molecule has 3 heteroatoms. The first kappa shape index (κ1) is 11.6. The van der Waals surface area contributed by atoms with Crippen molar-refractivity contribution in [3.05, 3.63) is 35.1 Å². The number of benzene rings is 1. The van der Waals surface area contributed by atoms with E-state index in [1.165, 1.54) is 5.56 Å². The molecule has 0 aliphatic carbocycles. The average molecular weight is 222 g/mol. The molecule has 2 rings (SSSR count). The molecule has 1 unspecified atom stereocenters. The molecule has 88 valence electrons. The molecule has 1 aliphatic heterocycles. The predicted molar refractivity (Wildman–Crippen MR) is 63.6 cm³/mol. The molecule has 0 spiro atoms. The van der Waals surface area contributed by atoms with Crippen molar-refractivity contribution < 1.29 is 4.39 Å². The molecule has 1 heterocycles. The van der Waals surface area contributed by atoms with Crippen molar-refractivity contribution in [3.63, 3.8) is 0 Å². The Bertz CT molecular complexity index is 365. The molecule has 0 bridgehead atoms. The van der Waals surface area contributed by atoms with Gasteiger partial charge in [-0.1, -0.05) is 13.0 Å². The van der Waals surface area contributed by atoms with Gasteiger partial charge in [0.05, 0.1) is 0 Å². The summed E-state index contributed by atoms with van der Waals surface area (Å²) in [6.07, 6.45) is 0.949. The number of hydrogen-bond acceptors (Lipinski definition) is 2. The van der Waals surface area contributed by atoms with Gasteiger partial charge in [0.15, 0.2) is 0 Å². The predicted octanol–water partition coefficient (Wildman–Crippen LogP) is 1.78. The number of hydrogen-bond donors (Lipinski definition) is 1. The fourth-order valence-electron chi connectivity index (χ4n) is 2.25. The smallest absolute Gasteiger partial charge is 0.123 e. The molecular weight excluding hydrogens is 203 g/mol. The minimum absolute atomic E-state index is 0.123. The fourth-order valence-corrected chi connectivity index (χ4v) is 2.25. The van der Waals surface area contributed by atoms with Crippen molar-refractivity contribution >= 4 is 0 Å². The van der Waals surface area contributed by atoms with Crippen LogP contribution in [0.1, 0.15) is 18.1 Å². The van der Waals surface area contributed by atoms with E-state index < -0.39 is 0 Å². The third kappa shape index (κ3) is 2.60. The van der Waals surface area contributed by atoms with E-state index in [0.717, 1.165) is 38.2 Å². The van der Waals surface area contributed by atoms with Gasteiger partial charge in [0, 0.05) is 19.6 Å². The lowest BCUT2D eigenvalue weighted by Crippen LogP contribution is -2.35. The molecule has 16 heavy (non-hydrogen) atoms. The maximum atomic E-state index is 13.0. The Kier molecular flexibility index (Phi) is 3.56. The summed E-state index contributed by atoms with van der Waals surface area (Å²) in [5, 5.41) is 0. The zero-order chi connectivity index (χ0) is 11.5. The van der Waals surface area contributed by atoms with E-state index >= 15 is 0 Å². The first-order valence-electron chi connectivity index (χ1n) is 5.88. The van der Waals surface area contributed by atoms with Crippen LogP contribution in [0.3, 0.4) is 0 Å². The van der Waals surface area contributed by atoms with Gasteiger partial charge in [0.25, 0.3) is 0 Å². The SMILES string of the molecule is CC(CN)CN1CCc2cc(F)ccc2C1. The van der Waals surface area contributed by atoms with E-state index in [2.05, 4.69) is 11.8 Å². The van der Waals surface area contributed by atoms with Crippen LogP contribution in [0.5, 0.6) is 0 Å². The van der Waals surface area contributed by atoms with Crippen LogP contribution in [0, 0.1) is 11.7 Å².